The number of nitrogens with one attached hydrogen (secondary N) is 1. The number of aromatic nitrogens is 2. The molecule has 1 aromatic carbocycles. The van der Waals surface area contributed by atoms with Gasteiger partial charge in [0.15, 0.2) is 0 Å². The Morgan fingerprint density at radius 1 is 1.30 bits per heavy atom. The molecule has 0 radical (unpaired) electrons. The SMILES string of the molecule is CCc1cnc(-c2cc(C#N)c(N3CC(C(=O)NS(=O)(=O)Cc4ccccc4)C3)nc2C)o1. The molecule has 1 N–H and O–H groups in total. The van der Waals surface area contributed by atoms with Gasteiger partial charge in [0.05, 0.1) is 34.7 Å². The van der Waals surface area contributed by atoms with Gasteiger partial charge in [0.25, 0.3) is 0 Å². The van der Waals surface area contributed by atoms with Crippen molar-refractivity contribution in [1.82, 2.24) is 14.7 Å². The highest BCUT2D eigenvalue weighted by atomic mass is 32.2. The Hall–Kier alpha value is -3.71. The van der Waals surface area contributed by atoms with Crippen LogP contribution in [0.5, 0.6) is 0 Å². The zero-order valence-electron chi connectivity index (χ0n) is 18.3. The van der Waals surface area contributed by atoms with E-state index in [2.05, 4.69) is 20.8 Å². The molecule has 0 unspecified atom stereocenters. The van der Waals surface area contributed by atoms with Crippen LogP contribution in [0.1, 0.15) is 29.5 Å². The number of oxazole rings is 1. The molecule has 0 aliphatic carbocycles. The Kier molecular flexibility index (Phi) is 6.16. The summed E-state index contributed by atoms with van der Waals surface area (Å²) in [5.74, 6) is 0.271. The van der Waals surface area contributed by atoms with Gasteiger partial charge < -0.3 is 9.32 Å². The highest BCUT2D eigenvalue weighted by molar-refractivity contribution is 7.89. The number of pyridine rings is 1. The molecule has 9 nitrogen and oxygen atoms in total. The third-order valence-corrected chi connectivity index (χ3v) is 6.68. The molecule has 3 aromatic rings. The highest BCUT2D eigenvalue weighted by Crippen LogP contribution is 2.31. The average molecular weight is 466 g/mol. The lowest BCUT2D eigenvalue weighted by atomic mass is 9.98. The minimum Gasteiger partial charge on any atom is -0.441 e. The van der Waals surface area contributed by atoms with Gasteiger partial charge in [0, 0.05) is 19.5 Å². The average Bonchev–Trinajstić information content (AvgIpc) is 3.22. The molecule has 2 aromatic heterocycles. The van der Waals surface area contributed by atoms with Gasteiger partial charge in [-0.2, -0.15) is 5.26 Å². The number of hydrogen-bond donors (Lipinski definition) is 1. The summed E-state index contributed by atoms with van der Waals surface area (Å²) in [4.78, 5) is 23.1. The number of anilines is 1. The van der Waals surface area contributed by atoms with Crippen molar-refractivity contribution in [3.05, 3.63) is 65.2 Å². The number of amides is 1. The van der Waals surface area contributed by atoms with Crippen LogP contribution in [0.2, 0.25) is 0 Å². The first-order chi connectivity index (χ1) is 15.8. The second-order valence-corrected chi connectivity index (χ2v) is 9.62. The maximum absolute atomic E-state index is 12.5. The molecular weight excluding hydrogens is 442 g/mol. The molecule has 0 bridgehead atoms. The number of carbonyl (C=O) groups excluding carboxylic acids is 1. The normalized spacial score (nSPS) is 13.9. The molecule has 170 valence electrons. The molecule has 33 heavy (non-hydrogen) atoms. The molecule has 1 fully saturated rings. The van der Waals surface area contributed by atoms with Crippen molar-refractivity contribution in [3.63, 3.8) is 0 Å². The van der Waals surface area contributed by atoms with Crippen molar-refractivity contribution in [1.29, 1.82) is 5.26 Å². The van der Waals surface area contributed by atoms with E-state index in [1.54, 1.807) is 54.4 Å². The zero-order chi connectivity index (χ0) is 23.6. The molecule has 1 aliphatic rings. The number of nitrogens with zero attached hydrogens (tertiary/aromatic N) is 4. The van der Waals surface area contributed by atoms with Crippen LogP contribution in [-0.2, 0) is 27.0 Å². The Balaban J connectivity index is 1.43. The van der Waals surface area contributed by atoms with Crippen molar-refractivity contribution in [2.45, 2.75) is 26.0 Å². The molecule has 0 spiro atoms. The number of rotatable bonds is 7. The molecule has 0 saturated carbocycles. The predicted molar refractivity (Wildman–Crippen MR) is 121 cm³/mol. The van der Waals surface area contributed by atoms with Gasteiger partial charge in [-0.1, -0.05) is 37.3 Å². The number of benzene rings is 1. The second kappa shape index (κ2) is 9.03. The predicted octanol–water partition coefficient (Wildman–Crippen LogP) is 2.56. The van der Waals surface area contributed by atoms with Gasteiger partial charge in [-0.25, -0.2) is 18.4 Å². The Labute approximate surface area is 192 Å². The summed E-state index contributed by atoms with van der Waals surface area (Å²) in [6.45, 7) is 4.30. The summed E-state index contributed by atoms with van der Waals surface area (Å²) < 4.78 is 32.5. The molecule has 1 amide bonds. The van der Waals surface area contributed by atoms with E-state index in [-0.39, 0.29) is 18.8 Å². The first kappa shape index (κ1) is 22.5. The summed E-state index contributed by atoms with van der Waals surface area (Å²) in [5, 5.41) is 9.64. The van der Waals surface area contributed by atoms with Crippen LogP contribution in [0.15, 0.2) is 47.0 Å². The smallest absolute Gasteiger partial charge is 0.240 e. The summed E-state index contributed by atoms with van der Waals surface area (Å²) in [6.07, 6.45) is 2.36. The number of hydrogen-bond acceptors (Lipinski definition) is 8. The summed E-state index contributed by atoms with van der Waals surface area (Å²) >= 11 is 0. The van der Waals surface area contributed by atoms with Crippen molar-refractivity contribution in [3.8, 4) is 17.5 Å². The zero-order valence-corrected chi connectivity index (χ0v) is 19.1. The Bertz CT molecular complexity index is 1320. The van der Waals surface area contributed by atoms with Crippen molar-refractivity contribution < 1.29 is 17.6 Å². The number of carbonyl (C=O) groups is 1. The minimum absolute atomic E-state index is 0.267. The van der Waals surface area contributed by atoms with Gasteiger partial charge in [-0.15, -0.1) is 0 Å². The first-order valence-corrected chi connectivity index (χ1v) is 12.1. The molecule has 4 rings (SSSR count). The summed E-state index contributed by atoms with van der Waals surface area (Å²) in [7, 11) is -3.80. The molecule has 1 saturated heterocycles. The lowest BCUT2D eigenvalue weighted by Gasteiger charge is -2.39. The number of nitriles is 1. The van der Waals surface area contributed by atoms with E-state index in [0.717, 1.165) is 5.76 Å². The van der Waals surface area contributed by atoms with E-state index in [1.165, 1.54) is 0 Å². The van der Waals surface area contributed by atoms with Gasteiger partial charge in [-0.05, 0) is 18.6 Å². The van der Waals surface area contributed by atoms with Crippen LogP contribution in [0.25, 0.3) is 11.5 Å². The van der Waals surface area contributed by atoms with Gasteiger partial charge in [-0.3, -0.25) is 9.52 Å². The van der Waals surface area contributed by atoms with E-state index in [1.807, 2.05) is 6.92 Å². The number of sulfonamides is 1. The van der Waals surface area contributed by atoms with Crippen molar-refractivity contribution in [2.24, 2.45) is 5.92 Å². The lowest BCUT2D eigenvalue weighted by Crippen LogP contribution is -2.55. The fraction of sp³-hybridized carbons (Fsp3) is 0.304. The van der Waals surface area contributed by atoms with Crippen molar-refractivity contribution in [2.75, 3.05) is 18.0 Å². The quantitative estimate of drug-likeness (QED) is 0.564. The topological polar surface area (TPSA) is 129 Å². The maximum Gasteiger partial charge on any atom is 0.240 e. The monoisotopic (exact) mass is 465 g/mol. The van der Waals surface area contributed by atoms with Crippen LogP contribution in [0, 0.1) is 24.2 Å². The molecule has 3 heterocycles. The van der Waals surface area contributed by atoms with Gasteiger partial charge >= 0.3 is 0 Å². The molecule has 0 atom stereocenters. The summed E-state index contributed by atoms with van der Waals surface area (Å²) in [5.41, 5.74) is 2.22. The van der Waals surface area contributed by atoms with Crippen LogP contribution in [0.3, 0.4) is 0 Å². The molecular formula is C23H23N5O4S. The van der Waals surface area contributed by atoms with Crippen molar-refractivity contribution >= 4 is 21.7 Å². The third-order valence-electron chi connectivity index (χ3n) is 5.45. The largest absolute Gasteiger partial charge is 0.441 e. The van der Waals surface area contributed by atoms with Crippen LogP contribution < -0.4 is 9.62 Å². The fourth-order valence-electron chi connectivity index (χ4n) is 3.61. The first-order valence-electron chi connectivity index (χ1n) is 10.5. The molecule has 1 aliphatic heterocycles. The third kappa shape index (κ3) is 4.88. The van der Waals surface area contributed by atoms with E-state index in [9.17, 15) is 18.5 Å². The second-order valence-electron chi connectivity index (χ2n) is 7.90. The van der Waals surface area contributed by atoms with Crippen LogP contribution >= 0.6 is 0 Å². The fourth-order valence-corrected chi connectivity index (χ4v) is 4.79. The Morgan fingerprint density at radius 3 is 2.67 bits per heavy atom. The van der Waals surface area contributed by atoms with Crippen LogP contribution in [0.4, 0.5) is 5.82 Å². The Morgan fingerprint density at radius 2 is 2.03 bits per heavy atom. The molecule has 10 heteroatoms. The van der Waals surface area contributed by atoms with Gasteiger partial charge in [0.1, 0.15) is 17.6 Å². The standard InChI is InChI=1S/C23H23N5O4S/c1-3-19-11-25-23(32-19)20-9-17(10-24)21(26-15(20)2)28-12-18(13-28)22(29)27-33(30,31)14-16-7-5-4-6-8-16/h4-9,11,18H,3,12-14H2,1-2H3,(H,27,29). The minimum atomic E-state index is -3.80. The summed E-state index contributed by atoms with van der Waals surface area (Å²) in [6, 6.07) is 12.5. The highest BCUT2D eigenvalue weighted by Gasteiger charge is 2.36. The number of aryl methyl sites for hydroxylation is 2. The maximum atomic E-state index is 12.5. The van der Waals surface area contributed by atoms with E-state index in [4.69, 9.17) is 4.42 Å². The van der Waals surface area contributed by atoms with Crippen LogP contribution in [-0.4, -0.2) is 37.4 Å². The van der Waals surface area contributed by atoms with E-state index in [0.29, 0.717) is 40.5 Å². The van der Waals surface area contributed by atoms with Gasteiger partial charge in [0.2, 0.25) is 21.8 Å². The lowest BCUT2D eigenvalue weighted by molar-refractivity contribution is -0.123. The van der Waals surface area contributed by atoms with E-state index < -0.39 is 21.8 Å². The van der Waals surface area contributed by atoms with E-state index >= 15 is 0 Å².